The molecule has 0 saturated heterocycles. The fourth-order valence-corrected chi connectivity index (χ4v) is 4.41. The van der Waals surface area contributed by atoms with Gasteiger partial charge in [0.15, 0.2) is 0 Å². The van der Waals surface area contributed by atoms with Gasteiger partial charge in [0.25, 0.3) is 0 Å². The molecule has 1 rings (SSSR count). The first kappa shape index (κ1) is 32.5. The molecule has 1 saturated carbocycles. The molecule has 0 aliphatic heterocycles. The van der Waals surface area contributed by atoms with Gasteiger partial charge in [0.1, 0.15) is 6.17 Å². The maximum Gasteiger partial charge on any atom is 0.101 e. The highest BCUT2D eigenvalue weighted by Crippen LogP contribution is 2.29. The molecule has 1 aliphatic rings. The molecule has 0 bridgehead atoms. The van der Waals surface area contributed by atoms with E-state index in [9.17, 15) is 4.39 Å². The third kappa shape index (κ3) is 13.6. The van der Waals surface area contributed by atoms with E-state index in [1.165, 1.54) is 41.0 Å². The van der Waals surface area contributed by atoms with Crippen molar-refractivity contribution in [2.45, 2.75) is 84.2 Å². The van der Waals surface area contributed by atoms with E-state index in [1.54, 1.807) is 19.3 Å². The van der Waals surface area contributed by atoms with Gasteiger partial charge in [0, 0.05) is 19.0 Å². The van der Waals surface area contributed by atoms with Crippen LogP contribution >= 0.6 is 0 Å². The number of aliphatic imine (C=N–C) groups is 2. The van der Waals surface area contributed by atoms with Gasteiger partial charge in [-0.05, 0) is 102 Å². The van der Waals surface area contributed by atoms with E-state index in [0.29, 0.717) is 43.1 Å². The lowest BCUT2D eigenvalue weighted by molar-refractivity contribution is 0.294. The van der Waals surface area contributed by atoms with Crippen LogP contribution in [-0.2, 0) is 0 Å². The van der Waals surface area contributed by atoms with Gasteiger partial charge < -0.3 is 16.1 Å². The van der Waals surface area contributed by atoms with E-state index in [2.05, 4.69) is 49.6 Å². The predicted molar refractivity (Wildman–Crippen MR) is 159 cm³/mol. The number of hydrazine groups is 1. The third-order valence-corrected chi connectivity index (χ3v) is 6.67. The summed E-state index contributed by atoms with van der Waals surface area (Å²) in [5.41, 5.74) is 11.7. The normalized spacial score (nSPS) is 19.2. The monoisotopic (exact) mass is 514 g/mol. The van der Waals surface area contributed by atoms with Crippen LogP contribution in [0.5, 0.6) is 0 Å². The molecule has 2 unspecified atom stereocenters. The summed E-state index contributed by atoms with van der Waals surface area (Å²) in [6, 6.07) is 0. The van der Waals surface area contributed by atoms with Crippen molar-refractivity contribution in [2.75, 3.05) is 27.2 Å². The van der Waals surface area contributed by atoms with Gasteiger partial charge in [-0.3, -0.25) is 9.98 Å². The zero-order chi connectivity index (χ0) is 27.6. The van der Waals surface area contributed by atoms with Crippen molar-refractivity contribution in [3.05, 3.63) is 59.1 Å². The molecule has 7 heteroatoms. The standard InChI is InChI=1S/C30H51FN6/c1-7-11-25(15-16-26-13-9-8-12-23(26)2)24(3)21-36-28(18-17-27(31)14-10-19-34-4)20-30(35-5)29(32)22-37(6)33/h15-16,20,22,26-27,34H,2,5,7-14,17-19,21,32-33H2,1,3-4,6H3/b16-15-,25-24+,29-22-,30-20-,36-28?. The summed E-state index contributed by atoms with van der Waals surface area (Å²) < 4.78 is 14.5. The van der Waals surface area contributed by atoms with Gasteiger partial charge in [0.2, 0.25) is 0 Å². The van der Waals surface area contributed by atoms with Crippen LogP contribution in [-0.4, -0.2) is 50.8 Å². The van der Waals surface area contributed by atoms with E-state index in [0.717, 1.165) is 37.9 Å². The van der Waals surface area contributed by atoms with Gasteiger partial charge in [-0.2, -0.15) is 0 Å². The van der Waals surface area contributed by atoms with Gasteiger partial charge >= 0.3 is 0 Å². The second kappa shape index (κ2) is 18.7. The minimum atomic E-state index is -0.881. The molecule has 0 heterocycles. The molecule has 0 amide bonds. The van der Waals surface area contributed by atoms with Crippen LogP contribution in [0.2, 0.25) is 0 Å². The van der Waals surface area contributed by atoms with Crippen molar-refractivity contribution in [3.63, 3.8) is 0 Å². The molecule has 2 atom stereocenters. The highest BCUT2D eigenvalue weighted by Gasteiger charge is 2.14. The van der Waals surface area contributed by atoms with E-state index in [4.69, 9.17) is 16.6 Å². The summed E-state index contributed by atoms with van der Waals surface area (Å²) in [6.07, 6.45) is 16.2. The van der Waals surface area contributed by atoms with Crippen LogP contribution in [0.4, 0.5) is 4.39 Å². The highest BCUT2D eigenvalue weighted by atomic mass is 19.1. The molecule has 0 aromatic carbocycles. The molecule has 1 aliphatic carbocycles. The maximum atomic E-state index is 14.5. The second-order valence-electron chi connectivity index (χ2n) is 10.1. The molecule has 1 fully saturated rings. The van der Waals surface area contributed by atoms with Crippen molar-refractivity contribution in [2.24, 2.45) is 27.5 Å². The number of nitrogens with one attached hydrogen (secondary N) is 1. The molecule has 0 aromatic heterocycles. The minimum Gasteiger partial charge on any atom is -0.396 e. The largest absolute Gasteiger partial charge is 0.396 e. The Morgan fingerprint density at radius 2 is 2.05 bits per heavy atom. The Kier molecular flexibility index (Phi) is 16.4. The summed E-state index contributed by atoms with van der Waals surface area (Å²) in [5.74, 6) is 6.18. The van der Waals surface area contributed by atoms with Crippen LogP contribution in [0.25, 0.3) is 0 Å². The highest BCUT2D eigenvalue weighted by molar-refractivity contribution is 5.96. The van der Waals surface area contributed by atoms with Gasteiger partial charge in [0.05, 0.1) is 17.9 Å². The lowest BCUT2D eigenvalue weighted by Gasteiger charge is -2.21. The van der Waals surface area contributed by atoms with Gasteiger partial charge in [-0.1, -0.05) is 44.1 Å². The first-order valence-corrected chi connectivity index (χ1v) is 13.7. The van der Waals surface area contributed by atoms with E-state index >= 15 is 0 Å². The summed E-state index contributed by atoms with van der Waals surface area (Å²) in [7, 11) is 3.56. The zero-order valence-corrected chi connectivity index (χ0v) is 23.7. The van der Waals surface area contributed by atoms with Crippen LogP contribution in [0.1, 0.15) is 78.1 Å². The number of alkyl halides is 1. The zero-order valence-electron chi connectivity index (χ0n) is 23.7. The number of nitrogens with two attached hydrogens (primary N) is 2. The summed E-state index contributed by atoms with van der Waals surface area (Å²) in [6.45, 7) is 13.6. The van der Waals surface area contributed by atoms with Crippen molar-refractivity contribution in [1.82, 2.24) is 10.3 Å². The first-order chi connectivity index (χ1) is 17.7. The number of hydrogen-bond donors (Lipinski definition) is 3. The number of halogens is 1. The Hall–Kier alpha value is -2.51. The van der Waals surface area contributed by atoms with E-state index in [-0.39, 0.29) is 0 Å². The summed E-state index contributed by atoms with van der Waals surface area (Å²) >= 11 is 0. The van der Waals surface area contributed by atoms with Crippen LogP contribution in [0.15, 0.2) is 69.1 Å². The van der Waals surface area contributed by atoms with Gasteiger partial charge in [-0.25, -0.2) is 10.2 Å². The topological polar surface area (TPSA) is 92.0 Å². The number of hydrogen-bond acceptors (Lipinski definition) is 6. The Bertz CT molecular complexity index is 865. The molecular weight excluding hydrogens is 463 g/mol. The third-order valence-electron chi connectivity index (χ3n) is 6.67. The van der Waals surface area contributed by atoms with Crippen molar-refractivity contribution in [3.8, 4) is 0 Å². The molecule has 5 N–H and O–H groups in total. The molecule has 0 radical (unpaired) electrons. The van der Waals surface area contributed by atoms with Crippen molar-refractivity contribution in [1.29, 1.82) is 0 Å². The van der Waals surface area contributed by atoms with Crippen molar-refractivity contribution >= 4 is 12.4 Å². The van der Waals surface area contributed by atoms with Crippen molar-refractivity contribution < 1.29 is 4.39 Å². The average Bonchev–Trinajstić information content (AvgIpc) is 2.86. The lowest BCUT2D eigenvalue weighted by atomic mass is 9.84. The maximum absolute atomic E-state index is 14.5. The number of allylic oxidation sites excluding steroid dienone is 5. The van der Waals surface area contributed by atoms with Gasteiger partial charge in [-0.15, -0.1) is 0 Å². The summed E-state index contributed by atoms with van der Waals surface area (Å²) in [5, 5.41) is 4.43. The Balaban J connectivity index is 3.16. The van der Waals surface area contributed by atoms with E-state index in [1.807, 2.05) is 7.05 Å². The fourth-order valence-electron chi connectivity index (χ4n) is 4.41. The summed E-state index contributed by atoms with van der Waals surface area (Å²) in [4.78, 5) is 8.96. The Morgan fingerprint density at radius 3 is 2.68 bits per heavy atom. The Morgan fingerprint density at radius 1 is 1.30 bits per heavy atom. The second-order valence-corrected chi connectivity index (χ2v) is 10.1. The number of nitrogens with zero attached hydrogens (tertiary/aromatic N) is 3. The predicted octanol–water partition coefficient (Wildman–Crippen LogP) is 6.15. The minimum absolute atomic E-state index is 0.382. The molecule has 0 spiro atoms. The quantitative estimate of drug-likeness (QED) is 0.0542. The molecule has 6 nitrogen and oxygen atoms in total. The molecular formula is C30H51FN6. The van der Waals surface area contributed by atoms with Crippen LogP contribution in [0.3, 0.4) is 0 Å². The smallest absolute Gasteiger partial charge is 0.101 e. The molecule has 0 aromatic rings. The first-order valence-electron chi connectivity index (χ1n) is 13.7. The molecule has 208 valence electrons. The van der Waals surface area contributed by atoms with Crippen LogP contribution < -0.4 is 16.9 Å². The average molecular weight is 515 g/mol. The lowest BCUT2D eigenvalue weighted by Crippen LogP contribution is -2.21. The Labute approximate surface area is 225 Å². The SMILES string of the molecule is C=NC(=C\C(CCC(F)CCCNC)=NC/C(C)=C(/C=C\C1CCCCC1=C)CCC)/C(N)=C/N(C)N. The molecule has 37 heavy (non-hydrogen) atoms. The van der Waals surface area contributed by atoms with E-state index < -0.39 is 6.17 Å². The number of rotatable bonds is 17. The fraction of sp³-hybridized carbons (Fsp3) is 0.600. The van der Waals surface area contributed by atoms with Crippen LogP contribution in [0, 0.1) is 5.92 Å².